The molecule has 0 bridgehead atoms. The van der Waals surface area contributed by atoms with E-state index in [2.05, 4.69) is 17.2 Å². The fourth-order valence-electron chi connectivity index (χ4n) is 2.12. The van der Waals surface area contributed by atoms with E-state index in [-0.39, 0.29) is 5.82 Å². The zero-order valence-electron chi connectivity index (χ0n) is 12.7. The second kappa shape index (κ2) is 9.43. The van der Waals surface area contributed by atoms with Crippen molar-refractivity contribution in [3.63, 3.8) is 0 Å². The van der Waals surface area contributed by atoms with Gasteiger partial charge in [-0.1, -0.05) is 74.3 Å². The summed E-state index contributed by atoms with van der Waals surface area (Å²) in [5.74, 6) is 0.806. The first-order chi connectivity index (χ1) is 10.7. The first kappa shape index (κ1) is 17.6. The molecule has 0 aliphatic carbocycles. The van der Waals surface area contributed by atoms with Crippen molar-refractivity contribution in [3.05, 3.63) is 24.0 Å². The Balaban J connectivity index is 1.70. The van der Waals surface area contributed by atoms with Crippen LogP contribution in [0.5, 0.6) is 0 Å². The predicted molar refractivity (Wildman–Crippen MR) is 102 cm³/mol. The average Bonchev–Trinajstić information content (AvgIpc) is 2.87. The van der Waals surface area contributed by atoms with Gasteiger partial charge in [-0.15, -0.1) is 0 Å². The number of benzene rings is 1. The van der Waals surface area contributed by atoms with Gasteiger partial charge >= 0.3 is 0 Å². The minimum Gasteiger partial charge on any atom is -0.317 e. The molecule has 0 spiro atoms. The highest BCUT2D eigenvalue weighted by molar-refractivity contribution is 8.23. The molecular formula is C16H21FN2S3. The molecule has 0 fully saturated rings. The summed E-state index contributed by atoms with van der Waals surface area (Å²) in [4.78, 5) is 4.41. The van der Waals surface area contributed by atoms with Gasteiger partial charge < -0.3 is 5.32 Å². The van der Waals surface area contributed by atoms with Gasteiger partial charge in [0.05, 0.1) is 10.2 Å². The summed E-state index contributed by atoms with van der Waals surface area (Å²) in [5, 5.41) is 3.88. The molecule has 1 aromatic heterocycles. The predicted octanol–water partition coefficient (Wildman–Crippen LogP) is 6.23. The Labute approximate surface area is 144 Å². The average molecular weight is 357 g/mol. The van der Waals surface area contributed by atoms with Crippen LogP contribution >= 0.6 is 35.3 Å². The van der Waals surface area contributed by atoms with Crippen LogP contribution in [0.4, 0.5) is 9.52 Å². The lowest BCUT2D eigenvalue weighted by molar-refractivity contribution is 0.627. The topological polar surface area (TPSA) is 24.9 Å². The third-order valence-corrected chi connectivity index (χ3v) is 5.54. The van der Waals surface area contributed by atoms with Gasteiger partial charge in [-0.2, -0.15) is 0 Å². The van der Waals surface area contributed by atoms with E-state index in [1.807, 2.05) is 0 Å². The van der Waals surface area contributed by atoms with Crippen LogP contribution in [0.15, 0.2) is 18.2 Å². The van der Waals surface area contributed by atoms with Gasteiger partial charge in [0, 0.05) is 5.75 Å². The van der Waals surface area contributed by atoms with Crippen LogP contribution in [0.1, 0.15) is 45.4 Å². The fraction of sp³-hybridized carbons (Fsp3) is 0.500. The van der Waals surface area contributed by atoms with Crippen LogP contribution in [0.3, 0.4) is 0 Å². The lowest BCUT2D eigenvalue weighted by atomic mass is 10.1. The smallest absolute Gasteiger partial charge is 0.189 e. The Bertz CT molecular complexity index is 612. The molecule has 2 rings (SSSR count). The number of hydrogen-bond acceptors (Lipinski definition) is 4. The number of fused-ring (bicyclic) bond motifs is 1. The maximum atomic E-state index is 13.2. The highest BCUT2D eigenvalue weighted by atomic mass is 32.2. The number of thiocarbonyl (C=S) groups is 1. The zero-order chi connectivity index (χ0) is 15.8. The van der Waals surface area contributed by atoms with Crippen LogP contribution < -0.4 is 5.32 Å². The van der Waals surface area contributed by atoms with E-state index in [9.17, 15) is 4.39 Å². The van der Waals surface area contributed by atoms with Crippen LogP contribution in [0.25, 0.3) is 10.2 Å². The molecule has 120 valence electrons. The van der Waals surface area contributed by atoms with Crippen molar-refractivity contribution in [1.82, 2.24) is 4.98 Å². The summed E-state index contributed by atoms with van der Waals surface area (Å²) in [7, 11) is 0. The van der Waals surface area contributed by atoms with Crippen LogP contribution in [0, 0.1) is 5.82 Å². The number of nitrogens with one attached hydrogen (secondary N) is 1. The van der Waals surface area contributed by atoms with E-state index >= 15 is 0 Å². The van der Waals surface area contributed by atoms with Crippen molar-refractivity contribution in [1.29, 1.82) is 0 Å². The van der Waals surface area contributed by atoms with Crippen molar-refractivity contribution < 1.29 is 4.39 Å². The largest absolute Gasteiger partial charge is 0.317 e. The third-order valence-electron chi connectivity index (χ3n) is 3.29. The molecule has 0 saturated heterocycles. The van der Waals surface area contributed by atoms with Gasteiger partial charge in [-0.05, 0) is 24.6 Å². The number of anilines is 1. The number of hydrogen-bond donors (Lipinski definition) is 1. The number of halogens is 1. The number of unbranched alkanes of at least 4 members (excludes halogenated alkanes) is 5. The lowest BCUT2D eigenvalue weighted by Crippen LogP contribution is -2.04. The number of rotatable bonds is 8. The van der Waals surface area contributed by atoms with E-state index in [4.69, 9.17) is 12.2 Å². The lowest BCUT2D eigenvalue weighted by Gasteiger charge is -2.04. The maximum Gasteiger partial charge on any atom is 0.189 e. The summed E-state index contributed by atoms with van der Waals surface area (Å²) in [5.41, 5.74) is 0.803. The molecule has 0 amide bonds. The second-order valence-corrected chi connectivity index (χ2v) is 7.96. The molecular weight excluding hydrogens is 335 g/mol. The highest BCUT2D eigenvalue weighted by Gasteiger charge is 2.06. The minimum absolute atomic E-state index is 0.234. The van der Waals surface area contributed by atoms with Crippen LogP contribution in [0.2, 0.25) is 0 Å². The van der Waals surface area contributed by atoms with Gasteiger partial charge in [0.15, 0.2) is 5.13 Å². The molecule has 2 nitrogen and oxygen atoms in total. The molecule has 0 unspecified atom stereocenters. The standard InChI is InChI=1S/C16H21FN2S3/c1-2-3-4-5-6-7-10-21-16(20)19-15-18-13-9-8-12(17)11-14(13)22-15/h8-9,11H,2-7,10H2,1H3,(H,18,19,20). The molecule has 0 saturated carbocycles. The van der Waals surface area contributed by atoms with Crippen molar-refractivity contribution >= 4 is 55.0 Å². The monoisotopic (exact) mass is 356 g/mol. The van der Waals surface area contributed by atoms with Gasteiger partial charge in [-0.25, -0.2) is 9.37 Å². The zero-order valence-corrected chi connectivity index (χ0v) is 15.2. The summed E-state index contributed by atoms with van der Waals surface area (Å²) in [6.07, 6.45) is 7.75. The van der Waals surface area contributed by atoms with E-state index in [0.29, 0.717) is 0 Å². The van der Waals surface area contributed by atoms with Gasteiger partial charge in [-0.3, -0.25) is 0 Å². The Kier molecular flexibility index (Phi) is 7.55. The van der Waals surface area contributed by atoms with E-state index in [1.54, 1.807) is 17.8 Å². The molecule has 6 heteroatoms. The Morgan fingerprint density at radius 1 is 1.27 bits per heavy atom. The molecule has 2 aromatic rings. The molecule has 0 aliphatic heterocycles. The van der Waals surface area contributed by atoms with Crippen LogP contribution in [-0.4, -0.2) is 15.1 Å². The Hall–Kier alpha value is -0.720. The number of aromatic nitrogens is 1. The third kappa shape index (κ3) is 5.82. The van der Waals surface area contributed by atoms with E-state index in [0.717, 1.165) is 25.4 Å². The molecule has 1 heterocycles. The molecule has 0 radical (unpaired) electrons. The Morgan fingerprint density at radius 3 is 2.86 bits per heavy atom. The fourth-order valence-corrected chi connectivity index (χ4v) is 4.20. The van der Waals surface area contributed by atoms with Gasteiger partial charge in [0.2, 0.25) is 0 Å². The van der Waals surface area contributed by atoms with Crippen molar-refractivity contribution in [2.45, 2.75) is 45.4 Å². The summed E-state index contributed by atoms with van der Waals surface area (Å²) >= 11 is 8.42. The molecule has 22 heavy (non-hydrogen) atoms. The van der Waals surface area contributed by atoms with E-state index in [1.165, 1.54) is 62.0 Å². The van der Waals surface area contributed by atoms with Crippen molar-refractivity contribution in [3.8, 4) is 0 Å². The first-order valence-corrected chi connectivity index (χ1v) is 9.90. The summed E-state index contributed by atoms with van der Waals surface area (Å²) < 4.78 is 14.7. The normalized spacial score (nSPS) is 11.0. The number of thioether (sulfide) groups is 1. The Morgan fingerprint density at radius 2 is 2.05 bits per heavy atom. The van der Waals surface area contributed by atoms with Gasteiger partial charge in [0.25, 0.3) is 0 Å². The van der Waals surface area contributed by atoms with Gasteiger partial charge in [0.1, 0.15) is 10.1 Å². The first-order valence-electron chi connectivity index (χ1n) is 7.69. The SMILES string of the molecule is CCCCCCCCSC(=S)Nc1nc2ccc(F)cc2s1. The summed E-state index contributed by atoms with van der Waals surface area (Å²) in [6.45, 7) is 2.23. The summed E-state index contributed by atoms with van der Waals surface area (Å²) in [6, 6.07) is 4.63. The number of thiazole rings is 1. The van der Waals surface area contributed by atoms with Crippen LogP contribution in [-0.2, 0) is 0 Å². The van der Waals surface area contributed by atoms with E-state index < -0.39 is 0 Å². The maximum absolute atomic E-state index is 13.2. The van der Waals surface area contributed by atoms with Crippen molar-refractivity contribution in [2.75, 3.05) is 11.1 Å². The van der Waals surface area contributed by atoms with Crippen molar-refractivity contribution in [2.24, 2.45) is 0 Å². The molecule has 1 N–H and O–H groups in total. The molecule has 0 atom stereocenters. The molecule has 1 aromatic carbocycles. The quantitative estimate of drug-likeness (QED) is 0.448. The second-order valence-electron chi connectivity index (χ2n) is 5.16. The highest BCUT2D eigenvalue weighted by Crippen LogP contribution is 2.27. The minimum atomic E-state index is -0.234. The number of nitrogens with zero attached hydrogens (tertiary/aromatic N) is 1. The molecule has 0 aliphatic rings.